The summed E-state index contributed by atoms with van der Waals surface area (Å²) in [5, 5.41) is 4.08. The molecule has 1 amide bonds. The molecule has 0 bridgehead atoms. The highest BCUT2D eigenvalue weighted by Crippen LogP contribution is 2.41. The van der Waals surface area contributed by atoms with Crippen molar-refractivity contribution in [2.45, 2.75) is 38.9 Å². The molecule has 2 aliphatic rings. The molecule has 5 N–H and O–H groups in total. The molecule has 5 rings (SSSR count). The van der Waals surface area contributed by atoms with Crippen LogP contribution in [0.5, 0.6) is 0 Å². The van der Waals surface area contributed by atoms with Gasteiger partial charge in [0, 0.05) is 30.9 Å². The van der Waals surface area contributed by atoms with Crippen molar-refractivity contribution in [3.05, 3.63) is 41.1 Å². The Morgan fingerprint density at radius 2 is 2.03 bits per heavy atom. The molecule has 1 aliphatic heterocycles. The van der Waals surface area contributed by atoms with Crippen LogP contribution in [0.15, 0.2) is 24.4 Å². The van der Waals surface area contributed by atoms with Crippen LogP contribution in [-0.2, 0) is 23.1 Å². The van der Waals surface area contributed by atoms with Crippen LogP contribution in [0.2, 0.25) is 0 Å². The summed E-state index contributed by atoms with van der Waals surface area (Å²) < 4.78 is 28.2. The number of nitrogens with two attached hydrogens (primary N) is 2. The van der Waals surface area contributed by atoms with Gasteiger partial charge in [-0.1, -0.05) is 0 Å². The molecular formula is C21H25N7O3S. The number of carbonyl (C=O) groups excluding carboxylic acids is 1. The quantitative estimate of drug-likeness (QED) is 0.511. The Kier molecular flexibility index (Phi) is 4.64. The van der Waals surface area contributed by atoms with Gasteiger partial charge in [-0.2, -0.15) is 0 Å². The minimum atomic E-state index is -3.47. The summed E-state index contributed by atoms with van der Waals surface area (Å²) in [6.07, 6.45) is 5.28. The van der Waals surface area contributed by atoms with Crippen molar-refractivity contribution in [3.63, 3.8) is 0 Å². The number of sulfonamides is 1. The van der Waals surface area contributed by atoms with Gasteiger partial charge >= 0.3 is 0 Å². The number of nitrogen functional groups attached to an aromatic ring is 1. The molecule has 11 heteroatoms. The zero-order valence-electron chi connectivity index (χ0n) is 17.9. The molecule has 168 valence electrons. The monoisotopic (exact) mass is 455 g/mol. The van der Waals surface area contributed by atoms with E-state index in [2.05, 4.69) is 26.6 Å². The summed E-state index contributed by atoms with van der Waals surface area (Å²) in [6.45, 7) is 3.68. The first-order valence-electron chi connectivity index (χ1n) is 10.4. The lowest BCUT2D eigenvalue weighted by atomic mass is 10.0. The first-order valence-corrected chi connectivity index (χ1v) is 12.3. The number of hydrogen-bond acceptors (Lipinski definition) is 7. The first-order chi connectivity index (χ1) is 15.1. The van der Waals surface area contributed by atoms with Crippen LogP contribution in [0.3, 0.4) is 0 Å². The maximum atomic E-state index is 12.1. The summed E-state index contributed by atoms with van der Waals surface area (Å²) >= 11 is 0. The third kappa shape index (κ3) is 3.67. The predicted octanol–water partition coefficient (Wildman–Crippen LogP) is 1.56. The first kappa shape index (κ1) is 20.7. The number of nitrogens with one attached hydrogen (secondary N) is 1. The smallest absolute Gasteiger partial charge is 0.256 e. The fourth-order valence-electron chi connectivity index (χ4n) is 4.48. The molecule has 32 heavy (non-hydrogen) atoms. The maximum Gasteiger partial charge on any atom is 0.256 e. The molecule has 1 aromatic carbocycles. The number of hydrogen-bond donors (Lipinski definition) is 3. The van der Waals surface area contributed by atoms with Gasteiger partial charge in [0.1, 0.15) is 5.56 Å². The summed E-state index contributed by atoms with van der Waals surface area (Å²) in [7, 11) is -3.47. The Balaban J connectivity index is 1.61. The van der Waals surface area contributed by atoms with Gasteiger partial charge in [-0.05, 0) is 55.0 Å². The third-order valence-corrected chi connectivity index (χ3v) is 6.90. The highest BCUT2D eigenvalue weighted by molar-refractivity contribution is 7.92. The van der Waals surface area contributed by atoms with Crippen LogP contribution < -0.4 is 16.2 Å². The number of benzene rings is 1. The number of amides is 1. The fourth-order valence-corrected chi connectivity index (χ4v) is 5.07. The van der Waals surface area contributed by atoms with E-state index in [9.17, 15) is 13.2 Å². The van der Waals surface area contributed by atoms with Gasteiger partial charge in [0.15, 0.2) is 11.5 Å². The van der Waals surface area contributed by atoms with E-state index in [4.69, 9.17) is 11.5 Å². The van der Waals surface area contributed by atoms with Crippen molar-refractivity contribution in [2.75, 3.05) is 16.7 Å². The minimum absolute atomic E-state index is 0.0141. The highest BCUT2D eigenvalue weighted by Gasteiger charge is 2.35. The van der Waals surface area contributed by atoms with Crippen molar-refractivity contribution in [1.29, 1.82) is 0 Å². The molecule has 1 unspecified atom stereocenters. The van der Waals surface area contributed by atoms with E-state index >= 15 is 0 Å². The lowest BCUT2D eigenvalue weighted by Gasteiger charge is -2.23. The van der Waals surface area contributed by atoms with E-state index < -0.39 is 15.9 Å². The normalized spacial score (nSPS) is 17.4. The summed E-state index contributed by atoms with van der Waals surface area (Å²) in [5.74, 6) is 0.0131. The Bertz CT molecular complexity index is 1360. The van der Waals surface area contributed by atoms with Crippen LogP contribution >= 0.6 is 0 Å². The molecular weight excluding hydrogens is 430 g/mol. The summed E-state index contributed by atoms with van der Waals surface area (Å²) in [5.41, 5.74) is 15.5. The average Bonchev–Trinajstić information content (AvgIpc) is 3.36. The van der Waals surface area contributed by atoms with Gasteiger partial charge in [-0.15, -0.1) is 5.10 Å². The molecule has 0 spiro atoms. The standard InChI is InChI=1S/C21H25N7O3S/c1-11(12-3-4-12)27-9-14-7-13(8-17(15(14)10-27)26-32(2,30)31)16-5-6-28-21(24-16)18(20(23)29)19(22)25-28/h5-8,11-12,26H,3-4,9-10H2,1-2H3,(H2,22,25)(H2,23,29). The van der Waals surface area contributed by atoms with Gasteiger partial charge in [-0.25, -0.2) is 17.9 Å². The molecule has 1 aliphatic carbocycles. The maximum absolute atomic E-state index is 12.1. The molecule has 3 heterocycles. The van der Waals surface area contributed by atoms with Crippen LogP contribution in [0, 0.1) is 5.92 Å². The Morgan fingerprint density at radius 1 is 1.28 bits per heavy atom. The predicted molar refractivity (Wildman–Crippen MR) is 121 cm³/mol. The van der Waals surface area contributed by atoms with Crippen molar-refractivity contribution >= 4 is 33.1 Å². The van der Waals surface area contributed by atoms with E-state index in [1.807, 2.05) is 6.07 Å². The van der Waals surface area contributed by atoms with Crippen molar-refractivity contribution in [2.24, 2.45) is 11.7 Å². The van der Waals surface area contributed by atoms with E-state index in [1.165, 1.54) is 17.4 Å². The molecule has 10 nitrogen and oxygen atoms in total. The van der Waals surface area contributed by atoms with Gasteiger partial charge in [0.2, 0.25) is 10.0 Å². The Hall–Kier alpha value is -3.18. The second-order valence-corrected chi connectivity index (χ2v) is 10.5. The second kappa shape index (κ2) is 7.17. The van der Waals surface area contributed by atoms with Crippen molar-refractivity contribution in [3.8, 4) is 11.3 Å². The number of nitrogens with zero attached hydrogens (tertiary/aromatic N) is 4. The lowest BCUT2D eigenvalue weighted by Crippen LogP contribution is -2.29. The third-order valence-electron chi connectivity index (χ3n) is 6.31. The summed E-state index contributed by atoms with van der Waals surface area (Å²) in [6, 6.07) is 6.01. The molecule has 1 atom stereocenters. The number of rotatable bonds is 6. The minimum Gasteiger partial charge on any atom is -0.381 e. The number of aromatic nitrogens is 3. The number of carbonyl (C=O) groups is 1. The fraction of sp³-hybridized carbons (Fsp3) is 0.381. The molecule has 2 aromatic heterocycles. The molecule has 1 fully saturated rings. The number of fused-ring (bicyclic) bond motifs is 2. The van der Waals surface area contributed by atoms with E-state index in [-0.39, 0.29) is 17.0 Å². The summed E-state index contributed by atoms with van der Waals surface area (Å²) in [4.78, 5) is 18.8. The molecule has 0 radical (unpaired) electrons. The van der Waals surface area contributed by atoms with E-state index in [0.29, 0.717) is 29.9 Å². The largest absolute Gasteiger partial charge is 0.381 e. The van der Waals surface area contributed by atoms with Crippen molar-refractivity contribution in [1.82, 2.24) is 19.5 Å². The van der Waals surface area contributed by atoms with Gasteiger partial charge in [0.05, 0.1) is 17.6 Å². The SMILES string of the molecule is CC(C1CC1)N1Cc2cc(-c3ccn4nc(N)c(C(N)=O)c4n3)cc(NS(C)(=O)=O)c2C1. The van der Waals surface area contributed by atoms with Crippen LogP contribution in [0.1, 0.15) is 41.3 Å². The number of anilines is 2. The zero-order chi connectivity index (χ0) is 22.8. The Labute approximate surface area is 185 Å². The van der Waals surface area contributed by atoms with Crippen LogP contribution in [0.25, 0.3) is 16.9 Å². The van der Waals surface area contributed by atoms with Crippen molar-refractivity contribution < 1.29 is 13.2 Å². The average molecular weight is 456 g/mol. The van der Waals surface area contributed by atoms with Crippen LogP contribution in [-0.4, -0.2) is 46.1 Å². The second-order valence-electron chi connectivity index (χ2n) is 8.72. The number of primary amides is 1. The topological polar surface area (TPSA) is 149 Å². The highest BCUT2D eigenvalue weighted by atomic mass is 32.2. The lowest BCUT2D eigenvalue weighted by molar-refractivity contribution is 0.100. The van der Waals surface area contributed by atoms with Gasteiger partial charge in [-0.3, -0.25) is 14.4 Å². The van der Waals surface area contributed by atoms with Gasteiger partial charge < -0.3 is 11.5 Å². The zero-order valence-corrected chi connectivity index (χ0v) is 18.7. The molecule has 3 aromatic rings. The van der Waals surface area contributed by atoms with E-state index in [0.717, 1.165) is 29.5 Å². The van der Waals surface area contributed by atoms with Gasteiger partial charge in [0.25, 0.3) is 5.91 Å². The molecule has 0 saturated heterocycles. The Morgan fingerprint density at radius 3 is 2.69 bits per heavy atom. The molecule has 1 saturated carbocycles. The van der Waals surface area contributed by atoms with Crippen LogP contribution in [0.4, 0.5) is 11.5 Å². The van der Waals surface area contributed by atoms with E-state index in [1.54, 1.807) is 18.3 Å².